The fourth-order valence-corrected chi connectivity index (χ4v) is 3.60. The van der Waals surface area contributed by atoms with Gasteiger partial charge in [0.2, 0.25) is 0 Å². The van der Waals surface area contributed by atoms with Crippen LogP contribution in [0.5, 0.6) is 0 Å². The second-order valence-electron chi connectivity index (χ2n) is 6.40. The first-order chi connectivity index (χ1) is 10.2. The van der Waals surface area contributed by atoms with Gasteiger partial charge in [-0.25, -0.2) is 0 Å². The van der Waals surface area contributed by atoms with E-state index in [-0.39, 0.29) is 5.41 Å². The molecule has 1 atom stereocenters. The SMILES string of the molecule is CC1(C)c2ccccc2-c2ccc(C3C=CNCN3)cc21. The van der Waals surface area contributed by atoms with Gasteiger partial charge < -0.3 is 5.32 Å². The molecule has 2 aliphatic rings. The van der Waals surface area contributed by atoms with E-state index in [1.54, 1.807) is 0 Å². The van der Waals surface area contributed by atoms with Crippen molar-refractivity contribution in [2.45, 2.75) is 25.3 Å². The Kier molecular flexibility index (Phi) is 2.69. The molecule has 0 spiro atoms. The molecule has 106 valence electrons. The van der Waals surface area contributed by atoms with Gasteiger partial charge in [-0.15, -0.1) is 0 Å². The standard InChI is InChI=1S/C19H20N2/c1-19(2)16-6-4-3-5-14(16)15-8-7-13(11-17(15)19)18-9-10-20-12-21-18/h3-11,18,20-21H,12H2,1-2H3. The van der Waals surface area contributed by atoms with Gasteiger partial charge >= 0.3 is 0 Å². The maximum atomic E-state index is 3.48. The van der Waals surface area contributed by atoms with Gasteiger partial charge in [-0.3, -0.25) is 5.32 Å². The molecule has 2 aromatic carbocycles. The van der Waals surface area contributed by atoms with Crippen molar-refractivity contribution < 1.29 is 0 Å². The molecule has 4 rings (SSSR count). The molecule has 1 heterocycles. The molecule has 2 aromatic rings. The zero-order valence-electron chi connectivity index (χ0n) is 12.5. The lowest BCUT2D eigenvalue weighted by Crippen LogP contribution is -2.32. The van der Waals surface area contributed by atoms with E-state index in [4.69, 9.17) is 0 Å². The Morgan fingerprint density at radius 2 is 1.81 bits per heavy atom. The Morgan fingerprint density at radius 1 is 1.00 bits per heavy atom. The van der Waals surface area contributed by atoms with Crippen molar-refractivity contribution in [3.8, 4) is 11.1 Å². The highest BCUT2D eigenvalue weighted by atomic mass is 15.1. The van der Waals surface area contributed by atoms with Crippen LogP contribution < -0.4 is 10.6 Å². The molecular weight excluding hydrogens is 256 g/mol. The van der Waals surface area contributed by atoms with Crippen molar-refractivity contribution >= 4 is 0 Å². The van der Waals surface area contributed by atoms with E-state index < -0.39 is 0 Å². The fourth-order valence-electron chi connectivity index (χ4n) is 3.60. The van der Waals surface area contributed by atoms with Crippen LogP contribution in [0.2, 0.25) is 0 Å². The molecule has 0 amide bonds. The van der Waals surface area contributed by atoms with E-state index in [2.05, 4.69) is 73.0 Å². The lowest BCUT2D eigenvalue weighted by Gasteiger charge is -2.24. The van der Waals surface area contributed by atoms with E-state index in [1.807, 2.05) is 6.20 Å². The van der Waals surface area contributed by atoms with Crippen molar-refractivity contribution in [1.29, 1.82) is 0 Å². The number of hydrogen-bond acceptors (Lipinski definition) is 2. The van der Waals surface area contributed by atoms with Crippen LogP contribution in [0.3, 0.4) is 0 Å². The molecular formula is C19H20N2. The van der Waals surface area contributed by atoms with E-state index in [0.717, 1.165) is 6.67 Å². The maximum absolute atomic E-state index is 3.48. The summed E-state index contributed by atoms with van der Waals surface area (Å²) in [6.45, 7) is 5.47. The summed E-state index contributed by atoms with van der Waals surface area (Å²) < 4.78 is 0. The van der Waals surface area contributed by atoms with Gasteiger partial charge in [-0.05, 0) is 40.1 Å². The number of fused-ring (bicyclic) bond motifs is 3. The summed E-state index contributed by atoms with van der Waals surface area (Å²) in [7, 11) is 0. The number of rotatable bonds is 1. The van der Waals surface area contributed by atoms with Gasteiger partial charge in [0, 0.05) is 5.41 Å². The molecule has 0 bridgehead atoms. The second kappa shape index (κ2) is 4.47. The first-order valence-corrected chi connectivity index (χ1v) is 7.56. The van der Waals surface area contributed by atoms with Crippen LogP contribution in [0.15, 0.2) is 54.7 Å². The summed E-state index contributed by atoms with van der Waals surface area (Å²) in [5.41, 5.74) is 7.07. The molecule has 0 radical (unpaired) electrons. The largest absolute Gasteiger partial charge is 0.379 e. The van der Waals surface area contributed by atoms with Crippen LogP contribution >= 0.6 is 0 Å². The maximum Gasteiger partial charge on any atom is 0.0655 e. The molecule has 0 fully saturated rings. The highest BCUT2D eigenvalue weighted by molar-refractivity contribution is 5.80. The molecule has 1 aliphatic heterocycles. The first kappa shape index (κ1) is 12.7. The third kappa shape index (κ3) is 1.83. The Hall–Kier alpha value is -2.06. The van der Waals surface area contributed by atoms with E-state index in [9.17, 15) is 0 Å². The summed E-state index contributed by atoms with van der Waals surface area (Å²) in [4.78, 5) is 0. The normalized spacial score (nSPS) is 21.5. The molecule has 2 N–H and O–H groups in total. The zero-order chi connectivity index (χ0) is 14.4. The highest BCUT2D eigenvalue weighted by Crippen LogP contribution is 2.48. The van der Waals surface area contributed by atoms with Gasteiger partial charge in [0.1, 0.15) is 0 Å². The van der Waals surface area contributed by atoms with Crippen molar-refractivity contribution in [2.75, 3.05) is 6.67 Å². The van der Waals surface area contributed by atoms with Crippen molar-refractivity contribution in [2.24, 2.45) is 0 Å². The van der Waals surface area contributed by atoms with Crippen LogP contribution in [0, 0.1) is 0 Å². The third-order valence-corrected chi connectivity index (χ3v) is 4.80. The summed E-state index contributed by atoms with van der Waals surface area (Å²) in [5.74, 6) is 0. The predicted octanol–water partition coefficient (Wildman–Crippen LogP) is 3.70. The van der Waals surface area contributed by atoms with Crippen molar-refractivity contribution in [1.82, 2.24) is 10.6 Å². The smallest absolute Gasteiger partial charge is 0.0655 e. The number of benzene rings is 2. The monoisotopic (exact) mass is 276 g/mol. The minimum Gasteiger partial charge on any atom is -0.379 e. The van der Waals surface area contributed by atoms with Gasteiger partial charge in [0.05, 0.1) is 12.7 Å². The molecule has 0 saturated carbocycles. The van der Waals surface area contributed by atoms with Crippen LogP contribution in [-0.4, -0.2) is 6.67 Å². The predicted molar refractivity (Wildman–Crippen MR) is 87.0 cm³/mol. The Balaban J connectivity index is 1.85. The minimum atomic E-state index is 0.0819. The molecule has 2 heteroatoms. The Morgan fingerprint density at radius 3 is 2.62 bits per heavy atom. The first-order valence-electron chi connectivity index (χ1n) is 7.56. The quantitative estimate of drug-likeness (QED) is 0.830. The van der Waals surface area contributed by atoms with Crippen LogP contribution in [-0.2, 0) is 5.41 Å². The third-order valence-electron chi connectivity index (χ3n) is 4.80. The van der Waals surface area contributed by atoms with Crippen LogP contribution in [0.25, 0.3) is 11.1 Å². The molecule has 1 unspecified atom stereocenters. The van der Waals surface area contributed by atoms with E-state index in [0.29, 0.717) is 6.04 Å². The van der Waals surface area contributed by atoms with Gasteiger partial charge in [-0.2, -0.15) is 0 Å². The average Bonchev–Trinajstić information content (AvgIpc) is 2.77. The number of hydrogen-bond donors (Lipinski definition) is 2. The van der Waals surface area contributed by atoms with Gasteiger partial charge in [0.25, 0.3) is 0 Å². The van der Waals surface area contributed by atoms with Crippen molar-refractivity contribution in [3.05, 3.63) is 71.4 Å². The topological polar surface area (TPSA) is 24.1 Å². The van der Waals surface area contributed by atoms with Gasteiger partial charge in [-0.1, -0.05) is 56.3 Å². The van der Waals surface area contributed by atoms with Crippen LogP contribution in [0.4, 0.5) is 0 Å². The Labute approximate surface area is 125 Å². The molecule has 0 aromatic heterocycles. The number of nitrogens with one attached hydrogen (secondary N) is 2. The van der Waals surface area contributed by atoms with Crippen LogP contribution in [0.1, 0.15) is 36.6 Å². The highest BCUT2D eigenvalue weighted by Gasteiger charge is 2.35. The zero-order valence-corrected chi connectivity index (χ0v) is 12.5. The van der Waals surface area contributed by atoms with Crippen molar-refractivity contribution in [3.63, 3.8) is 0 Å². The summed E-state index contributed by atoms with van der Waals surface area (Å²) in [6, 6.07) is 16.0. The molecule has 1 aliphatic carbocycles. The molecule has 21 heavy (non-hydrogen) atoms. The summed E-state index contributed by atoms with van der Waals surface area (Å²) >= 11 is 0. The average molecular weight is 276 g/mol. The lowest BCUT2D eigenvalue weighted by atomic mass is 9.81. The van der Waals surface area contributed by atoms with E-state index >= 15 is 0 Å². The van der Waals surface area contributed by atoms with E-state index in [1.165, 1.54) is 27.8 Å². The lowest BCUT2D eigenvalue weighted by molar-refractivity contribution is 0.562. The molecule has 2 nitrogen and oxygen atoms in total. The summed E-state index contributed by atoms with van der Waals surface area (Å²) in [6.07, 6.45) is 4.22. The summed E-state index contributed by atoms with van der Waals surface area (Å²) in [5, 5.41) is 6.65. The minimum absolute atomic E-state index is 0.0819. The fraction of sp³-hybridized carbons (Fsp3) is 0.263. The second-order valence-corrected chi connectivity index (χ2v) is 6.40. The van der Waals surface area contributed by atoms with Gasteiger partial charge in [0.15, 0.2) is 0 Å². The molecule has 0 saturated heterocycles. The Bertz CT molecular complexity index is 728.